The van der Waals surface area contributed by atoms with Crippen molar-refractivity contribution in [3.8, 4) is 0 Å². The second-order valence-electron chi connectivity index (χ2n) is 3.36. The SMILES string of the molecule is CCOP(OCC)ON(N)C(=O)c1ccccc1N. The number of anilines is 1. The zero-order chi connectivity index (χ0) is 14.3. The average Bonchev–Trinajstić information content (AvgIpc) is 2.39. The van der Waals surface area contributed by atoms with Crippen molar-refractivity contribution in [2.45, 2.75) is 13.8 Å². The summed E-state index contributed by atoms with van der Waals surface area (Å²) in [7, 11) is -1.69. The van der Waals surface area contributed by atoms with Crippen LogP contribution in [0, 0.1) is 0 Å². The fourth-order valence-electron chi connectivity index (χ4n) is 1.21. The maximum absolute atomic E-state index is 12.0. The Morgan fingerprint density at radius 3 is 2.37 bits per heavy atom. The van der Waals surface area contributed by atoms with Crippen LogP contribution in [0.4, 0.5) is 5.69 Å². The molecule has 0 aliphatic rings. The first-order valence-electron chi connectivity index (χ1n) is 5.77. The lowest BCUT2D eigenvalue weighted by Gasteiger charge is -2.21. The van der Waals surface area contributed by atoms with Gasteiger partial charge in [-0.3, -0.25) is 4.79 Å². The van der Waals surface area contributed by atoms with E-state index in [0.29, 0.717) is 24.1 Å². The van der Waals surface area contributed by atoms with Gasteiger partial charge in [-0.05, 0) is 26.0 Å². The van der Waals surface area contributed by atoms with Crippen LogP contribution in [0.5, 0.6) is 0 Å². The number of para-hydroxylation sites is 1. The Hall–Kier alpha value is -1.24. The lowest BCUT2D eigenvalue weighted by Crippen LogP contribution is -2.36. The molecule has 0 heterocycles. The molecule has 1 aromatic carbocycles. The summed E-state index contributed by atoms with van der Waals surface area (Å²) in [6.07, 6.45) is 0. The van der Waals surface area contributed by atoms with Gasteiger partial charge in [0.1, 0.15) is 0 Å². The van der Waals surface area contributed by atoms with Crippen LogP contribution >= 0.6 is 8.60 Å². The quantitative estimate of drug-likeness (QED) is 0.261. The zero-order valence-electron chi connectivity index (χ0n) is 10.9. The largest absolute Gasteiger partial charge is 0.398 e. The molecule has 0 aliphatic heterocycles. The molecule has 0 radical (unpaired) electrons. The third-order valence-corrected chi connectivity index (χ3v) is 3.26. The minimum absolute atomic E-state index is 0.257. The van der Waals surface area contributed by atoms with Crippen LogP contribution in [-0.4, -0.2) is 24.3 Å². The minimum Gasteiger partial charge on any atom is -0.398 e. The number of hydrogen-bond donors (Lipinski definition) is 2. The summed E-state index contributed by atoms with van der Waals surface area (Å²) >= 11 is 0. The molecular formula is C11H18N3O4P. The number of hydrazine groups is 1. The number of nitrogen functional groups attached to an aromatic ring is 1. The van der Waals surface area contributed by atoms with Crippen LogP contribution in [-0.2, 0) is 13.7 Å². The normalized spacial score (nSPS) is 10.7. The Balaban J connectivity index is 2.68. The van der Waals surface area contributed by atoms with Crippen LogP contribution in [0.25, 0.3) is 0 Å². The van der Waals surface area contributed by atoms with Crippen molar-refractivity contribution in [1.29, 1.82) is 0 Å². The maximum atomic E-state index is 12.0. The van der Waals surface area contributed by atoms with Gasteiger partial charge < -0.3 is 14.8 Å². The second-order valence-corrected chi connectivity index (χ2v) is 4.49. The summed E-state index contributed by atoms with van der Waals surface area (Å²) in [5.74, 6) is 4.98. The number of hydroxylamine groups is 1. The number of rotatable bonds is 7. The lowest BCUT2D eigenvalue weighted by atomic mass is 10.2. The van der Waals surface area contributed by atoms with Crippen molar-refractivity contribution < 1.29 is 18.5 Å². The number of amides is 1. The van der Waals surface area contributed by atoms with Gasteiger partial charge >= 0.3 is 8.60 Å². The standard InChI is InChI=1S/C11H18N3O4P/c1-3-16-19(17-4-2)18-14(13)11(15)9-7-5-6-8-10(9)12/h5-8H,3-4,12-13H2,1-2H3. The highest BCUT2D eigenvalue weighted by molar-refractivity contribution is 7.41. The van der Waals surface area contributed by atoms with E-state index < -0.39 is 14.5 Å². The van der Waals surface area contributed by atoms with E-state index in [1.54, 1.807) is 38.1 Å². The molecule has 0 atom stereocenters. The van der Waals surface area contributed by atoms with Crippen molar-refractivity contribution in [1.82, 2.24) is 5.17 Å². The van der Waals surface area contributed by atoms with Crippen molar-refractivity contribution in [3.05, 3.63) is 29.8 Å². The summed E-state index contributed by atoms with van der Waals surface area (Å²) in [6, 6.07) is 6.58. The van der Waals surface area contributed by atoms with E-state index in [1.165, 1.54) is 0 Å². The summed E-state index contributed by atoms with van der Waals surface area (Å²) in [5, 5.41) is 0.586. The van der Waals surface area contributed by atoms with E-state index in [2.05, 4.69) is 0 Å². The smallest absolute Gasteiger partial charge is 0.357 e. The van der Waals surface area contributed by atoms with Gasteiger partial charge in [-0.25, -0.2) is 5.84 Å². The van der Waals surface area contributed by atoms with Crippen LogP contribution < -0.4 is 11.6 Å². The lowest BCUT2D eigenvalue weighted by molar-refractivity contribution is -0.0505. The molecule has 106 valence electrons. The molecule has 0 aromatic heterocycles. The highest BCUT2D eigenvalue weighted by atomic mass is 31.2. The summed E-state index contributed by atoms with van der Waals surface area (Å²) in [6.45, 7) is 4.35. The van der Waals surface area contributed by atoms with E-state index in [4.69, 9.17) is 25.2 Å². The molecule has 0 unspecified atom stereocenters. The van der Waals surface area contributed by atoms with Gasteiger partial charge in [-0.15, -0.1) is 5.17 Å². The Kier molecular flexibility index (Phi) is 6.69. The molecule has 19 heavy (non-hydrogen) atoms. The zero-order valence-corrected chi connectivity index (χ0v) is 11.8. The van der Waals surface area contributed by atoms with Crippen LogP contribution in [0.15, 0.2) is 24.3 Å². The molecular weight excluding hydrogens is 269 g/mol. The first-order valence-corrected chi connectivity index (χ1v) is 6.87. The Bertz CT molecular complexity index is 413. The van der Waals surface area contributed by atoms with Crippen LogP contribution in [0.3, 0.4) is 0 Å². The number of hydrogen-bond acceptors (Lipinski definition) is 6. The molecule has 0 fully saturated rings. The molecule has 8 heteroatoms. The van der Waals surface area contributed by atoms with Crippen LogP contribution in [0.2, 0.25) is 0 Å². The summed E-state index contributed by atoms with van der Waals surface area (Å²) < 4.78 is 15.5. The van der Waals surface area contributed by atoms with E-state index in [0.717, 1.165) is 0 Å². The minimum atomic E-state index is -1.69. The van der Waals surface area contributed by atoms with E-state index in [9.17, 15) is 4.79 Å². The van der Waals surface area contributed by atoms with Gasteiger partial charge in [0, 0.05) is 5.69 Å². The van der Waals surface area contributed by atoms with Crippen molar-refractivity contribution in [3.63, 3.8) is 0 Å². The van der Waals surface area contributed by atoms with Crippen molar-refractivity contribution in [2.75, 3.05) is 18.9 Å². The molecule has 4 N–H and O–H groups in total. The van der Waals surface area contributed by atoms with Crippen LogP contribution in [0.1, 0.15) is 24.2 Å². The predicted octanol–water partition coefficient (Wildman–Crippen LogP) is 1.82. The van der Waals surface area contributed by atoms with Gasteiger partial charge in [0.2, 0.25) is 0 Å². The Morgan fingerprint density at radius 2 is 1.84 bits per heavy atom. The molecule has 0 spiro atoms. The third kappa shape index (κ3) is 4.74. The molecule has 0 aliphatic carbocycles. The summed E-state index contributed by atoms with van der Waals surface area (Å²) in [5.41, 5.74) is 6.27. The Labute approximate surface area is 113 Å². The first kappa shape index (κ1) is 15.8. The topological polar surface area (TPSA) is 100 Å². The highest BCUT2D eigenvalue weighted by Gasteiger charge is 2.22. The van der Waals surface area contributed by atoms with E-state index in [1.807, 2.05) is 0 Å². The van der Waals surface area contributed by atoms with Crippen molar-refractivity contribution in [2.24, 2.45) is 5.84 Å². The molecule has 0 saturated carbocycles. The van der Waals surface area contributed by atoms with Gasteiger partial charge in [0.25, 0.3) is 5.91 Å². The third-order valence-electron chi connectivity index (χ3n) is 2.02. The molecule has 1 aromatic rings. The first-order chi connectivity index (χ1) is 9.10. The second kappa shape index (κ2) is 8.04. The van der Waals surface area contributed by atoms with Gasteiger partial charge in [0.05, 0.1) is 18.8 Å². The van der Waals surface area contributed by atoms with E-state index >= 15 is 0 Å². The van der Waals surface area contributed by atoms with Gasteiger partial charge in [0.15, 0.2) is 0 Å². The summed E-state index contributed by atoms with van der Waals surface area (Å²) in [4.78, 5) is 12.0. The average molecular weight is 287 g/mol. The molecule has 7 nitrogen and oxygen atoms in total. The monoisotopic (exact) mass is 287 g/mol. The fourth-order valence-corrected chi connectivity index (χ4v) is 2.02. The number of benzene rings is 1. The maximum Gasteiger partial charge on any atom is 0.357 e. The number of carbonyl (C=O) groups excluding carboxylic acids is 1. The molecule has 0 saturated heterocycles. The molecule has 0 bridgehead atoms. The number of carbonyl (C=O) groups is 1. The number of nitrogens with zero attached hydrogens (tertiary/aromatic N) is 1. The van der Waals surface area contributed by atoms with E-state index in [-0.39, 0.29) is 5.56 Å². The van der Waals surface area contributed by atoms with Gasteiger partial charge in [-0.1, -0.05) is 12.1 Å². The Morgan fingerprint density at radius 1 is 1.26 bits per heavy atom. The van der Waals surface area contributed by atoms with Gasteiger partial charge in [-0.2, -0.15) is 4.62 Å². The fraction of sp³-hybridized carbons (Fsp3) is 0.364. The molecule has 1 rings (SSSR count). The predicted molar refractivity (Wildman–Crippen MR) is 72.5 cm³/mol. The number of nitrogens with two attached hydrogens (primary N) is 2. The molecule has 1 amide bonds. The van der Waals surface area contributed by atoms with Crippen molar-refractivity contribution >= 4 is 20.2 Å². The highest BCUT2D eigenvalue weighted by Crippen LogP contribution is 2.39.